The molecule has 1 N–H and O–H groups in total. The van der Waals surface area contributed by atoms with Crippen molar-refractivity contribution in [3.8, 4) is 0 Å². The highest BCUT2D eigenvalue weighted by molar-refractivity contribution is 5.97. The molecule has 3 heterocycles. The zero-order valence-electron chi connectivity index (χ0n) is 18.7. The third-order valence-corrected chi connectivity index (χ3v) is 6.05. The van der Waals surface area contributed by atoms with Gasteiger partial charge in [-0.3, -0.25) is 4.79 Å². The summed E-state index contributed by atoms with van der Waals surface area (Å²) in [5.74, 6) is 1.63. The Bertz CT molecular complexity index is 1110. The van der Waals surface area contributed by atoms with Gasteiger partial charge in [-0.05, 0) is 51.8 Å². The fourth-order valence-corrected chi connectivity index (χ4v) is 4.57. The molecule has 1 aliphatic rings. The molecule has 0 radical (unpaired) electrons. The van der Waals surface area contributed by atoms with Crippen LogP contribution in [-0.4, -0.2) is 67.7 Å². The van der Waals surface area contributed by atoms with Crippen LogP contribution in [0.5, 0.6) is 0 Å². The Morgan fingerprint density at radius 3 is 2.81 bits per heavy atom. The van der Waals surface area contributed by atoms with E-state index in [1.165, 1.54) is 0 Å². The van der Waals surface area contributed by atoms with E-state index in [-0.39, 0.29) is 12.5 Å². The molecule has 8 nitrogen and oxygen atoms in total. The summed E-state index contributed by atoms with van der Waals surface area (Å²) >= 11 is 0. The molecule has 8 heteroatoms. The molecule has 1 atom stereocenters. The van der Waals surface area contributed by atoms with Gasteiger partial charge in [0.2, 0.25) is 0 Å². The van der Waals surface area contributed by atoms with Gasteiger partial charge in [0.1, 0.15) is 18.0 Å². The maximum atomic E-state index is 13.1. The van der Waals surface area contributed by atoms with Crippen molar-refractivity contribution in [1.29, 1.82) is 0 Å². The lowest BCUT2D eigenvalue weighted by Gasteiger charge is -2.41. The quantitative estimate of drug-likeness (QED) is 0.680. The van der Waals surface area contributed by atoms with E-state index in [1.807, 2.05) is 38.1 Å². The number of nitrogens with zero attached hydrogens (tertiary/aromatic N) is 6. The number of anilines is 1. The molecule has 4 rings (SSSR count). The van der Waals surface area contributed by atoms with E-state index in [2.05, 4.69) is 31.3 Å². The first-order chi connectivity index (χ1) is 14.8. The van der Waals surface area contributed by atoms with Crippen LogP contribution in [0.25, 0.3) is 11.0 Å². The van der Waals surface area contributed by atoms with E-state index >= 15 is 0 Å². The van der Waals surface area contributed by atoms with E-state index < -0.39 is 5.60 Å². The molecule has 1 saturated heterocycles. The molecule has 0 spiro atoms. The largest absolute Gasteiger partial charge is 0.386 e. The molecule has 1 amide bonds. The van der Waals surface area contributed by atoms with Crippen LogP contribution < -0.4 is 4.90 Å². The number of imidazole rings is 1. The number of aromatic nitrogens is 4. The molecular weight excluding hydrogens is 392 g/mol. The van der Waals surface area contributed by atoms with Gasteiger partial charge >= 0.3 is 0 Å². The number of rotatable bonds is 5. The summed E-state index contributed by atoms with van der Waals surface area (Å²) in [6.07, 6.45) is 3.03. The normalized spacial score (nSPS) is 19.1. The molecule has 1 unspecified atom stereocenters. The Morgan fingerprint density at radius 2 is 2.06 bits per heavy atom. The van der Waals surface area contributed by atoms with Crippen LogP contribution in [0.3, 0.4) is 0 Å². The second-order valence-corrected chi connectivity index (χ2v) is 8.54. The summed E-state index contributed by atoms with van der Waals surface area (Å²) < 4.78 is 2.13. The molecule has 1 aromatic carbocycles. The number of aliphatic hydroxyl groups is 1. The summed E-state index contributed by atoms with van der Waals surface area (Å²) in [5.41, 5.74) is 2.33. The van der Waals surface area contributed by atoms with Gasteiger partial charge in [-0.25, -0.2) is 15.0 Å². The number of amides is 1. The number of β-amino-alcohol motifs (C(OH)–C–C–N with tert-alkyl or cyclic N) is 1. The van der Waals surface area contributed by atoms with Gasteiger partial charge < -0.3 is 19.5 Å². The average molecular weight is 423 g/mol. The van der Waals surface area contributed by atoms with E-state index in [1.54, 1.807) is 18.3 Å². The average Bonchev–Trinajstić information content (AvgIpc) is 3.06. The lowest BCUT2D eigenvalue weighted by molar-refractivity contribution is -0.000136. The lowest BCUT2D eigenvalue weighted by Crippen LogP contribution is -2.54. The molecule has 1 fully saturated rings. The number of fused-ring (bicyclic) bond motifs is 1. The predicted octanol–water partition coefficient (Wildman–Crippen LogP) is 2.57. The third kappa shape index (κ3) is 4.25. The second-order valence-electron chi connectivity index (χ2n) is 8.54. The van der Waals surface area contributed by atoms with Crippen molar-refractivity contribution >= 4 is 22.8 Å². The molecular formula is C23H30N6O2. The van der Waals surface area contributed by atoms with Crippen molar-refractivity contribution in [3.63, 3.8) is 0 Å². The highest BCUT2D eigenvalue weighted by Gasteiger charge is 2.36. The summed E-state index contributed by atoms with van der Waals surface area (Å²) in [7, 11) is 1.74. The molecule has 31 heavy (non-hydrogen) atoms. The van der Waals surface area contributed by atoms with E-state index in [9.17, 15) is 9.90 Å². The van der Waals surface area contributed by atoms with Crippen LogP contribution in [-0.2, 0) is 6.54 Å². The number of piperidine rings is 1. The minimum absolute atomic E-state index is 0.117. The molecule has 3 aromatic rings. The summed E-state index contributed by atoms with van der Waals surface area (Å²) in [4.78, 5) is 29.9. The van der Waals surface area contributed by atoms with Crippen LogP contribution in [0.2, 0.25) is 0 Å². The first-order valence-corrected chi connectivity index (χ1v) is 10.8. The molecule has 0 saturated carbocycles. The van der Waals surface area contributed by atoms with Gasteiger partial charge in [0.25, 0.3) is 5.91 Å². The number of hydrogen-bond donors (Lipinski definition) is 1. The zero-order chi connectivity index (χ0) is 22.2. The van der Waals surface area contributed by atoms with Crippen molar-refractivity contribution in [2.45, 2.75) is 45.8 Å². The molecule has 164 valence electrons. The first kappa shape index (κ1) is 21.2. The summed E-state index contributed by atoms with van der Waals surface area (Å²) in [6, 6.07) is 7.56. The minimum Gasteiger partial charge on any atom is -0.386 e. The van der Waals surface area contributed by atoms with Gasteiger partial charge in [-0.2, -0.15) is 0 Å². The molecule has 0 aliphatic carbocycles. The molecule has 2 aromatic heterocycles. The molecule has 1 aliphatic heterocycles. The van der Waals surface area contributed by atoms with Crippen LogP contribution in [0.4, 0.5) is 5.82 Å². The fourth-order valence-electron chi connectivity index (χ4n) is 4.57. The summed E-state index contributed by atoms with van der Waals surface area (Å²) in [5, 5.41) is 11.3. The maximum Gasteiger partial charge on any atom is 0.253 e. The fraction of sp³-hybridized carbons (Fsp3) is 0.478. The monoisotopic (exact) mass is 422 g/mol. The van der Waals surface area contributed by atoms with Crippen molar-refractivity contribution in [1.82, 2.24) is 24.4 Å². The lowest BCUT2D eigenvalue weighted by atomic mass is 9.92. The summed E-state index contributed by atoms with van der Waals surface area (Å²) in [6.45, 7) is 8.33. The Balaban J connectivity index is 1.49. The van der Waals surface area contributed by atoms with Gasteiger partial charge in [0.05, 0.1) is 23.2 Å². The highest BCUT2D eigenvalue weighted by atomic mass is 16.3. The van der Waals surface area contributed by atoms with Crippen molar-refractivity contribution in [3.05, 3.63) is 47.7 Å². The second kappa shape index (κ2) is 8.26. The number of benzene rings is 1. The van der Waals surface area contributed by atoms with Crippen LogP contribution in [0, 0.1) is 13.8 Å². The Kier molecular flexibility index (Phi) is 5.66. The van der Waals surface area contributed by atoms with Crippen LogP contribution in [0.15, 0.2) is 30.6 Å². The standard InChI is InChI=1S/C23H30N6O2/c1-5-29-17(3)26-19-12-18(7-8-20(19)29)22(30)27(4)13-23(31)9-6-10-28(14-23)21-11-16(2)24-15-25-21/h7-8,11-12,15,31H,5-6,9-10,13-14H2,1-4H3. The molecule has 0 bridgehead atoms. The Morgan fingerprint density at radius 1 is 1.26 bits per heavy atom. The van der Waals surface area contributed by atoms with E-state index in [0.717, 1.165) is 47.9 Å². The van der Waals surface area contributed by atoms with Crippen molar-refractivity contribution in [2.24, 2.45) is 0 Å². The topological polar surface area (TPSA) is 87.4 Å². The Labute approximate surface area is 182 Å². The van der Waals surface area contributed by atoms with Gasteiger partial charge in [0.15, 0.2) is 0 Å². The maximum absolute atomic E-state index is 13.1. The number of likely N-dealkylation sites (N-methyl/N-ethyl adjacent to an activating group) is 1. The number of aryl methyl sites for hydroxylation is 3. The zero-order valence-corrected chi connectivity index (χ0v) is 18.7. The van der Waals surface area contributed by atoms with Crippen molar-refractivity contribution in [2.75, 3.05) is 31.6 Å². The van der Waals surface area contributed by atoms with Crippen LogP contribution >= 0.6 is 0 Å². The Hall–Kier alpha value is -3.00. The smallest absolute Gasteiger partial charge is 0.253 e. The van der Waals surface area contributed by atoms with Crippen molar-refractivity contribution < 1.29 is 9.90 Å². The first-order valence-electron chi connectivity index (χ1n) is 10.8. The van der Waals surface area contributed by atoms with E-state index in [0.29, 0.717) is 18.5 Å². The number of hydrogen-bond acceptors (Lipinski definition) is 6. The predicted molar refractivity (Wildman–Crippen MR) is 120 cm³/mol. The number of carbonyl (C=O) groups is 1. The van der Waals surface area contributed by atoms with Gasteiger partial charge in [-0.1, -0.05) is 0 Å². The van der Waals surface area contributed by atoms with Crippen LogP contribution in [0.1, 0.15) is 41.6 Å². The minimum atomic E-state index is -0.994. The SMILES string of the molecule is CCn1c(C)nc2cc(C(=O)N(C)CC3(O)CCCN(c4cc(C)ncn4)C3)ccc21. The van der Waals surface area contributed by atoms with Gasteiger partial charge in [-0.15, -0.1) is 0 Å². The number of carbonyl (C=O) groups excluding carboxylic acids is 1. The van der Waals surface area contributed by atoms with Gasteiger partial charge in [0, 0.05) is 44.0 Å². The third-order valence-electron chi connectivity index (χ3n) is 6.05. The highest BCUT2D eigenvalue weighted by Crippen LogP contribution is 2.26. The van der Waals surface area contributed by atoms with E-state index in [4.69, 9.17) is 0 Å².